The Bertz CT molecular complexity index is 2390. The molecular weight excluding hydrogens is 1180 g/mol. The van der Waals surface area contributed by atoms with E-state index in [0.29, 0.717) is 25.7 Å². The summed E-state index contributed by atoms with van der Waals surface area (Å²) in [5.74, 6) is -0.178. The van der Waals surface area contributed by atoms with Gasteiger partial charge in [0.2, 0.25) is 0 Å². The van der Waals surface area contributed by atoms with Crippen LogP contribution in [0.15, 0.2) is 11.6 Å². The first-order valence-electron chi connectivity index (χ1n) is 31.4. The van der Waals surface area contributed by atoms with Gasteiger partial charge in [-0.15, -0.1) is 0 Å². The van der Waals surface area contributed by atoms with Gasteiger partial charge < -0.3 is 139 Å². The molecule has 5 aliphatic heterocycles. The molecule has 29 heteroatoms. The zero-order valence-corrected chi connectivity index (χ0v) is 51.7. The van der Waals surface area contributed by atoms with Crippen LogP contribution in [-0.2, 0) is 52.2 Å². The van der Waals surface area contributed by atoms with Crippen LogP contribution in [0.2, 0.25) is 0 Å². The molecule has 29 nitrogen and oxygen atoms in total. The predicted octanol–water partition coefficient (Wildman–Crippen LogP) is -5.20. The second kappa shape index (κ2) is 27.4. The van der Waals surface area contributed by atoms with Gasteiger partial charge in [0.15, 0.2) is 31.5 Å². The Morgan fingerprint density at radius 1 is 0.539 bits per heavy atom. The van der Waals surface area contributed by atoms with Crippen LogP contribution in [0.4, 0.5) is 0 Å². The van der Waals surface area contributed by atoms with E-state index in [4.69, 9.17) is 47.4 Å². The first kappa shape index (κ1) is 71.6. The van der Waals surface area contributed by atoms with Crippen molar-refractivity contribution >= 4 is 5.78 Å². The summed E-state index contributed by atoms with van der Waals surface area (Å²) >= 11 is 0. The number of aliphatic hydroxyl groups is 18. The highest BCUT2D eigenvalue weighted by Crippen LogP contribution is 2.74. The first-order chi connectivity index (χ1) is 41.7. The standard InChI is InChI=1S/C60H100O29/c1-23(9-13-35(57(4,5)79)87-55-50(89-54-47(77)42(72)38(68)29(20-63)83-54)43(73)39(69)31(85-55)22-80-51-45(75)40(70)36(66)27(18-61)81-51)24-15-16-58(6)32-12-10-25-26(60(32,8)33(65)17-59(24,58)7)11-14-34(56(25,2)3)86-52-48(78)44(74)49(30(21-64)84-52)88-53-46(76)41(71)37(67)28(19-62)82-53/h10,23-24,26-32,34-55,61-64,66-79H,9,11-22H2,1-8H3/t23-,24?,26?,27-,28-,29-,30-,31-,32?,34+,35-,36-,37-,38-,39-,40+,41+,42+,43+,44-,45-,46-,47-,48-,49-,50-,51-,52+,53+,54+,55+,58+,59-,60+/m1/s1. The van der Waals surface area contributed by atoms with Crippen LogP contribution in [0.5, 0.6) is 0 Å². The molecule has 0 aromatic carbocycles. The molecule has 18 N–H and O–H groups in total. The highest BCUT2D eigenvalue weighted by Gasteiger charge is 2.71. The number of hydrogen-bond acceptors (Lipinski definition) is 29. The minimum Gasteiger partial charge on any atom is -0.394 e. The Hall–Kier alpha value is -1.71. The Balaban J connectivity index is 0.885. The molecular formula is C60H100O29. The van der Waals surface area contributed by atoms with Gasteiger partial charge in [-0.2, -0.15) is 0 Å². The van der Waals surface area contributed by atoms with Crippen LogP contribution >= 0.6 is 0 Å². The van der Waals surface area contributed by atoms with Crippen molar-refractivity contribution in [2.45, 2.75) is 278 Å². The quantitative estimate of drug-likeness (QED) is 0.0507. The summed E-state index contributed by atoms with van der Waals surface area (Å²) in [6.45, 7) is 12.0. The fourth-order valence-corrected chi connectivity index (χ4v) is 16.8. The van der Waals surface area contributed by atoms with Gasteiger partial charge in [0.1, 0.15) is 128 Å². The van der Waals surface area contributed by atoms with E-state index in [9.17, 15) is 91.9 Å². The zero-order valence-electron chi connectivity index (χ0n) is 51.7. The molecule has 8 fully saturated rings. The lowest BCUT2D eigenvalue weighted by atomic mass is 9.38. The van der Waals surface area contributed by atoms with Crippen molar-refractivity contribution in [3.63, 3.8) is 0 Å². The maximum absolute atomic E-state index is 15.4. The Kier molecular flexibility index (Phi) is 22.1. The summed E-state index contributed by atoms with van der Waals surface area (Å²) in [4.78, 5) is 15.4. The van der Waals surface area contributed by atoms with Crippen molar-refractivity contribution in [1.29, 1.82) is 0 Å². The fraction of sp³-hybridized carbons (Fsp3) is 0.950. The van der Waals surface area contributed by atoms with Gasteiger partial charge in [-0.25, -0.2) is 0 Å². The van der Waals surface area contributed by atoms with Crippen LogP contribution in [0, 0.1) is 45.3 Å². The summed E-state index contributed by atoms with van der Waals surface area (Å²) in [5.41, 5.74) is -2.96. The molecule has 9 rings (SSSR count). The number of carbonyl (C=O) groups excluding carboxylic acids is 1. The average Bonchev–Trinajstić information content (AvgIpc) is 1.66. The van der Waals surface area contributed by atoms with E-state index in [2.05, 4.69) is 33.8 Å². The van der Waals surface area contributed by atoms with Gasteiger partial charge in [0.25, 0.3) is 0 Å². The zero-order chi connectivity index (χ0) is 65.5. The highest BCUT2D eigenvalue weighted by molar-refractivity contribution is 5.88. The molecule has 0 spiro atoms. The molecule has 5 saturated heterocycles. The lowest BCUT2D eigenvalue weighted by Gasteiger charge is -2.65. The number of Topliss-reactive ketones (excluding diaryl/α,β-unsaturated/α-hetero) is 1. The Morgan fingerprint density at radius 3 is 1.54 bits per heavy atom. The molecule has 0 amide bonds. The Morgan fingerprint density at radius 2 is 1.00 bits per heavy atom. The van der Waals surface area contributed by atoms with E-state index >= 15 is 4.79 Å². The van der Waals surface area contributed by atoms with Crippen LogP contribution in [-0.4, -0.2) is 302 Å². The molecule has 0 bridgehead atoms. The van der Waals surface area contributed by atoms with Gasteiger partial charge in [-0.3, -0.25) is 4.79 Å². The number of ketones is 1. The minimum atomic E-state index is -1.97. The molecule has 9 aliphatic rings. The number of fused-ring (bicyclic) bond motifs is 5. The van der Waals surface area contributed by atoms with Crippen molar-refractivity contribution in [2.24, 2.45) is 45.3 Å². The molecule has 4 aliphatic carbocycles. The van der Waals surface area contributed by atoms with Crippen LogP contribution in [0.25, 0.3) is 0 Å². The lowest BCUT2D eigenvalue weighted by Crippen LogP contribution is -2.65. The van der Waals surface area contributed by atoms with Crippen LogP contribution < -0.4 is 0 Å². The van der Waals surface area contributed by atoms with Crippen LogP contribution in [0.1, 0.15) is 107 Å². The molecule has 0 radical (unpaired) electrons. The lowest BCUT2D eigenvalue weighted by molar-refractivity contribution is -0.380. The molecule has 0 aromatic rings. The van der Waals surface area contributed by atoms with E-state index in [1.54, 1.807) is 0 Å². The number of ether oxygens (including phenoxy) is 10. The van der Waals surface area contributed by atoms with Crippen molar-refractivity contribution < 1.29 is 144 Å². The molecule has 0 aromatic heterocycles. The van der Waals surface area contributed by atoms with Gasteiger partial charge >= 0.3 is 0 Å². The third-order valence-corrected chi connectivity index (χ3v) is 22.6. The number of hydrogen-bond donors (Lipinski definition) is 18. The number of aliphatic hydroxyl groups excluding tert-OH is 17. The molecule has 514 valence electrons. The number of carbonyl (C=O) groups is 1. The minimum absolute atomic E-state index is 0.00532. The van der Waals surface area contributed by atoms with Gasteiger partial charge in [0.05, 0.1) is 50.8 Å². The number of allylic oxidation sites excluding steroid dienone is 1. The smallest absolute Gasteiger partial charge is 0.187 e. The van der Waals surface area contributed by atoms with Crippen LogP contribution in [0.3, 0.4) is 0 Å². The summed E-state index contributed by atoms with van der Waals surface area (Å²) in [7, 11) is 0. The van der Waals surface area contributed by atoms with E-state index in [0.717, 1.165) is 18.4 Å². The summed E-state index contributed by atoms with van der Waals surface area (Å²) in [5, 5.41) is 192. The van der Waals surface area contributed by atoms with Gasteiger partial charge in [-0.05, 0) is 93.3 Å². The topological polar surface area (TPSA) is 474 Å². The van der Waals surface area contributed by atoms with Crippen molar-refractivity contribution in [3.05, 3.63) is 11.6 Å². The second-order valence-electron chi connectivity index (χ2n) is 28.5. The van der Waals surface area contributed by atoms with E-state index < -0.39 is 221 Å². The van der Waals surface area contributed by atoms with Gasteiger partial charge in [-0.1, -0.05) is 53.2 Å². The maximum atomic E-state index is 15.4. The molecule has 3 unspecified atom stereocenters. The van der Waals surface area contributed by atoms with Crippen molar-refractivity contribution in [2.75, 3.05) is 33.0 Å². The predicted molar refractivity (Wildman–Crippen MR) is 299 cm³/mol. The molecule has 89 heavy (non-hydrogen) atoms. The normalized spacial score (nSPS) is 51.0. The first-order valence-corrected chi connectivity index (χ1v) is 31.4. The second-order valence-corrected chi connectivity index (χ2v) is 28.5. The third kappa shape index (κ3) is 12.9. The van der Waals surface area contributed by atoms with Crippen molar-refractivity contribution in [1.82, 2.24) is 0 Å². The molecule has 34 atom stereocenters. The van der Waals surface area contributed by atoms with E-state index in [1.807, 2.05) is 13.8 Å². The summed E-state index contributed by atoms with van der Waals surface area (Å²) < 4.78 is 59.4. The molecule has 3 saturated carbocycles. The van der Waals surface area contributed by atoms with Gasteiger partial charge in [0, 0.05) is 17.3 Å². The molecule has 5 heterocycles. The Labute approximate surface area is 516 Å². The number of rotatable bonds is 20. The highest BCUT2D eigenvalue weighted by atomic mass is 16.8. The maximum Gasteiger partial charge on any atom is 0.187 e. The van der Waals surface area contributed by atoms with E-state index in [1.165, 1.54) is 13.8 Å². The van der Waals surface area contributed by atoms with E-state index in [-0.39, 0.29) is 47.7 Å². The summed E-state index contributed by atoms with van der Waals surface area (Å²) in [6, 6.07) is 0. The third-order valence-electron chi connectivity index (χ3n) is 22.6. The fourth-order valence-electron chi connectivity index (χ4n) is 16.8. The van der Waals surface area contributed by atoms with Crippen molar-refractivity contribution in [3.8, 4) is 0 Å². The summed E-state index contributed by atoms with van der Waals surface area (Å²) in [6.07, 6.45) is -37.7. The average molecular weight is 1290 g/mol. The largest absolute Gasteiger partial charge is 0.394 e. The monoisotopic (exact) mass is 1280 g/mol. The SMILES string of the molecule is C[C@H](CC[C@@H](O[C@@H]1O[C@H](CO[C@@H]2O[C@H](CO)[C@@H](O)[C@H](O)[C@H]2O)[C@@H](O)[C@H](O)[C@H]1O[C@@H]1O[C@H](CO)[C@@H](O)[C@H](O)[C@H]1O)C(C)(C)O)C1CC[C@@]2(C)C3CC=C4C(CC[C@H](O[C@@H]5O[C@H](CO)[C@@H](O[C@@H]6O[C@H](CO)[C@@H](O)[C@H](O)[C@H]6O)[C@H](O)[C@H]5O)C4(C)C)[C@]3(C)C(=O)C[C@]12C.